The van der Waals surface area contributed by atoms with Gasteiger partial charge in [-0.2, -0.15) is 0 Å². The van der Waals surface area contributed by atoms with Crippen molar-refractivity contribution in [1.82, 2.24) is 25.6 Å². The fourth-order valence-electron chi connectivity index (χ4n) is 3.52. The first-order valence-corrected chi connectivity index (χ1v) is 9.47. The second-order valence-corrected chi connectivity index (χ2v) is 7.58. The summed E-state index contributed by atoms with van der Waals surface area (Å²) in [7, 11) is 0. The SMILES string of the molecule is CCc1ccc(C(C)(C)NC(=O)c2nnn(C3CCNCC3)c2C)cc1.Cl. The molecule has 2 N–H and O–H groups in total. The summed E-state index contributed by atoms with van der Waals surface area (Å²) in [6.07, 6.45) is 3.03. The van der Waals surface area contributed by atoms with Crippen LogP contribution in [0, 0.1) is 6.92 Å². The Morgan fingerprint density at radius 2 is 1.89 bits per heavy atom. The largest absolute Gasteiger partial charge is 0.342 e. The second-order valence-electron chi connectivity index (χ2n) is 7.58. The predicted octanol–water partition coefficient (Wildman–Crippen LogP) is 3.16. The summed E-state index contributed by atoms with van der Waals surface area (Å²) >= 11 is 0. The molecular formula is C20H30ClN5O. The Hall–Kier alpha value is -1.92. The van der Waals surface area contributed by atoms with Crippen molar-refractivity contribution < 1.29 is 4.79 Å². The highest BCUT2D eigenvalue weighted by atomic mass is 35.5. The first kappa shape index (κ1) is 21.4. The lowest BCUT2D eigenvalue weighted by atomic mass is 9.93. The van der Waals surface area contributed by atoms with E-state index in [0.717, 1.165) is 43.6 Å². The fraction of sp³-hybridized carbons (Fsp3) is 0.550. The first-order valence-electron chi connectivity index (χ1n) is 9.47. The number of amides is 1. The van der Waals surface area contributed by atoms with Gasteiger partial charge in [-0.05, 0) is 64.3 Å². The van der Waals surface area contributed by atoms with Crippen molar-refractivity contribution in [3.05, 3.63) is 46.8 Å². The summed E-state index contributed by atoms with van der Waals surface area (Å²) in [5.74, 6) is -0.174. The van der Waals surface area contributed by atoms with Gasteiger partial charge in [-0.25, -0.2) is 4.68 Å². The van der Waals surface area contributed by atoms with E-state index in [4.69, 9.17) is 0 Å². The molecule has 148 valence electrons. The van der Waals surface area contributed by atoms with Crippen molar-refractivity contribution in [1.29, 1.82) is 0 Å². The number of carbonyl (C=O) groups is 1. The van der Waals surface area contributed by atoms with Crippen LogP contribution in [-0.4, -0.2) is 34.0 Å². The highest BCUT2D eigenvalue weighted by Gasteiger charge is 2.28. The van der Waals surface area contributed by atoms with Crippen LogP contribution in [-0.2, 0) is 12.0 Å². The molecule has 7 heteroatoms. The third-order valence-electron chi connectivity index (χ3n) is 5.31. The number of hydrogen-bond donors (Lipinski definition) is 2. The number of benzene rings is 1. The molecule has 3 rings (SSSR count). The average molecular weight is 392 g/mol. The van der Waals surface area contributed by atoms with Crippen molar-refractivity contribution >= 4 is 18.3 Å². The highest BCUT2D eigenvalue weighted by Crippen LogP contribution is 2.23. The molecule has 1 aliphatic rings. The molecular weight excluding hydrogens is 362 g/mol. The number of piperidine rings is 1. The van der Waals surface area contributed by atoms with Gasteiger partial charge in [-0.3, -0.25) is 4.79 Å². The number of aromatic nitrogens is 3. The van der Waals surface area contributed by atoms with Gasteiger partial charge < -0.3 is 10.6 Å². The first-order chi connectivity index (χ1) is 12.4. The Morgan fingerprint density at radius 3 is 2.48 bits per heavy atom. The Morgan fingerprint density at radius 1 is 1.26 bits per heavy atom. The summed E-state index contributed by atoms with van der Waals surface area (Å²) in [6, 6.07) is 8.71. The zero-order chi connectivity index (χ0) is 18.7. The van der Waals surface area contributed by atoms with Gasteiger partial charge in [0.15, 0.2) is 5.69 Å². The molecule has 1 aromatic carbocycles. The highest BCUT2D eigenvalue weighted by molar-refractivity contribution is 5.93. The molecule has 1 fully saturated rings. The molecule has 0 spiro atoms. The molecule has 1 aliphatic heterocycles. The van der Waals surface area contributed by atoms with Crippen LogP contribution in [0.3, 0.4) is 0 Å². The van der Waals surface area contributed by atoms with E-state index in [2.05, 4.69) is 52.1 Å². The topological polar surface area (TPSA) is 71.8 Å². The van der Waals surface area contributed by atoms with Gasteiger partial charge in [-0.1, -0.05) is 36.4 Å². The summed E-state index contributed by atoms with van der Waals surface area (Å²) in [6.45, 7) is 10.0. The molecule has 2 heterocycles. The zero-order valence-corrected chi connectivity index (χ0v) is 17.4. The van der Waals surface area contributed by atoms with Crippen LogP contribution in [0.5, 0.6) is 0 Å². The van der Waals surface area contributed by atoms with E-state index < -0.39 is 5.54 Å². The number of carbonyl (C=O) groups excluding carboxylic acids is 1. The van der Waals surface area contributed by atoms with Gasteiger partial charge in [-0.15, -0.1) is 17.5 Å². The molecule has 2 aromatic rings. The minimum atomic E-state index is -0.478. The van der Waals surface area contributed by atoms with Crippen LogP contribution in [0.15, 0.2) is 24.3 Å². The smallest absolute Gasteiger partial charge is 0.274 e. The van der Waals surface area contributed by atoms with Crippen molar-refractivity contribution in [3.63, 3.8) is 0 Å². The van der Waals surface area contributed by atoms with Crippen LogP contribution in [0.25, 0.3) is 0 Å². The monoisotopic (exact) mass is 391 g/mol. The quantitative estimate of drug-likeness (QED) is 0.821. The molecule has 1 amide bonds. The number of nitrogens with zero attached hydrogens (tertiary/aromatic N) is 3. The standard InChI is InChI=1S/C20H29N5O.ClH/c1-5-15-6-8-16(9-7-15)20(3,4)22-19(26)18-14(2)25(24-23-18)17-10-12-21-13-11-17;/h6-9,17,21H,5,10-13H2,1-4H3,(H,22,26);1H. The van der Waals surface area contributed by atoms with Crippen molar-refractivity contribution in [2.45, 2.75) is 58.5 Å². The van der Waals surface area contributed by atoms with Crippen LogP contribution < -0.4 is 10.6 Å². The maximum atomic E-state index is 12.8. The summed E-state index contributed by atoms with van der Waals surface area (Å²) < 4.78 is 1.92. The maximum absolute atomic E-state index is 12.8. The Kier molecular flexibility index (Phi) is 7.00. The molecule has 0 radical (unpaired) electrons. The van der Waals surface area contributed by atoms with Crippen LogP contribution in [0.4, 0.5) is 0 Å². The van der Waals surface area contributed by atoms with Gasteiger partial charge in [0.1, 0.15) is 0 Å². The lowest BCUT2D eigenvalue weighted by molar-refractivity contribution is 0.0906. The Labute approximate surface area is 167 Å². The van der Waals surface area contributed by atoms with Crippen LogP contribution >= 0.6 is 12.4 Å². The van der Waals surface area contributed by atoms with Crippen molar-refractivity contribution in [2.24, 2.45) is 0 Å². The van der Waals surface area contributed by atoms with Gasteiger partial charge in [0, 0.05) is 0 Å². The lowest BCUT2D eigenvalue weighted by Gasteiger charge is -2.27. The van der Waals surface area contributed by atoms with Gasteiger partial charge in [0.05, 0.1) is 17.3 Å². The fourth-order valence-corrected chi connectivity index (χ4v) is 3.52. The second kappa shape index (κ2) is 8.85. The molecule has 27 heavy (non-hydrogen) atoms. The molecule has 1 saturated heterocycles. The average Bonchev–Trinajstić information content (AvgIpc) is 3.04. The Balaban J connectivity index is 0.00000261. The minimum Gasteiger partial charge on any atom is -0.342 e. The lowest BCUT2D eigenvalue weighted by Crippen LogP contribution is -2.41. The third kappa shape index (κ3) is 4.68. The predicted molar refractivity (Wildman–Crippen MR) is 109 cm³/mol. The van der Waals surface area contributed by atoms with Gasteiger partial charge in [0.25, 0.3) is 5.91 Å². The van der Waals surface area contributed by atoms with Crippen LogP contribution in [0.1, 0.15) is 67.0 Å². The number of aryl methyl sites for hydroxylation is 1. The third-order valence-corrected chi connectivity index (χ3v) is 5.31. The number of halogens is 1. The summed E-state index contributed by atoms with van der Waals surface area (Å²) in [5.41, 5.74) is 3.14. The van der Waals surface area contributed by atoms with E-state index in [0.29, 0.717) is 11.7 Å². The Bertz CT molecular complexity index is 763. The van der Waals surface area contributed by atoms with E-state index in [1.807, 2.05) is 25.5 Å². The van der Waals surface area contributed by atoms with E-state index >= 15 is 0 Å². The van der Waals surface area contributed by atoms with Gasteiger partial charge >= 0.3 is 0 Å². The van der Waals surface area contributed by atoms with Crippen LogP contribution in [0.2, 0.25) is 0 Å². The molecule has 0 aliphatic carbocycles. The van der Waals surface area contributed by atoms with E-state index in [9.17, 15) is 4.79 Å². The van der Waals surface area contributed by atoms with E-state index in [1.54, 1.807) is 0 Å². The molecule has 0 atom stereocenters. The number of hydrogen-bond acceptors (Lipinski definition) is 4. The summed E-state index contributed by atoms with van der Waals surface area (Å²) in [5, 5.41) is 14.9. The van der Waals surface area contributed by atoms with Crippen molar-refractivity contribution in [2.75, 3.05) is 13.1 Å². The molecule has 0 saturated carbocycles. The normalized spacial score (nSPS) is 15.3. The van der Waals surface area contributed by atoms with E-state index in [1.165, 1.54) is 5.56 Å². The number of nitrogens with one attached hydrogen (secondary N) is 2. The molecule has 6 nitrogen and oxygen atoms in total. The van der Waals surface area contributed by atoms with Crippen molar-refractivity contribution in [3.8, 4) is 0 Å². The summed E-state index contributed by atoms with van der Waals surface area (Å²) in [4.78, 5) is 12.8. The molecule has 0 bridgehead atoms. The van der Waals surface area contributed by atoms with Gasteiger partial charge in [0.2, 0.25) is 0 Å². The minimum absolute atomic E-state index is 0. The molecule has 1 aromatic heterocycles. The van der Waals surface area contributed by atoms with E-state index in [-0.39, 0.29) is 18.3 Å². The molecule has 0 unspecified atom stereocenters. The maximum Gasteiger partial charge on any atom is 0.274 e. The zero-order valence-electron chi connectivity index (χ0n) is 16.6. The number of rotatable bonds is 5.